The first kappa shape index (κ1) is 15.8. The van der Waals surface area contributed by atoms with Gasteiger partial charge in [0, 0.05) is 0 Å². The van der Waals surface area contributed by atoms with Gasteiger partial charge in [-0.05, 0) is 36.4 Å². The van der Waals surface area contributed by atoms with E-state index >= 15 is 0 Å². The van der Waals surface area contributed by atoms with Gasteiger partial charge in [-0.25, -0.2) is 9.37 Å². The Hall–Kier alpha value is -2.61. The molecule has 2 rings (SSSR count). The number of rotatable bonds is 5. The van der Waals surface area contributed by atoms with Crippen LogP contribution in [0.5, 0.6) is 5.75 Å². The van der Waals surface area contributed by atoms with E-state index in [0.29, 0.717) is 0 Å². The summed E-state index contributed by atoms with van der Waals surface area (Å²) in [6.07, 6.45) is -4.17. The lowest BCUT2D eigenvalue weighted by molar-refractivity contribution is -0.187. The van der Waals surface area contributed by atoms with Crippen LogP contribution in [0.25, 0.3) is 0 Å². The van der Waals surface area contributed by atoms with Gasteiger partial charge in [0.1, 0.15) is 17.4 Å². The molecule has 0 radical (unpaired) electrons. The number of aliphatic hydroxyl groups excluding tert-OH is 1. The lowest BCUT2D eigenvalue weighted by Gasteiger charge is -2.17. The van der Waals surface area contributed by atoms with Crippen molar-refractivity contribution in [3.63, 3.8) is 0 Å². The van der Waals surface area contributed by atoms with Gasteiger partial charge in [-0.3, -0.25) is 4.79 Å². The van der Waals surface area contributed by atoms with Gasteiger partial charge in [-0.15, -0.1) is 0 Å². The van der Waals surface area contributed by atoms with Gasteiger partial charge in [0.25, 0.3) is 0 Å². The largest absolute Gasteiger partial charge is 0.482 e. The van der Waals surface area contributed by atoms with Crippen molar-refractivity contribution in [1.29, 1.82) is 0 Å². The molecule has 0 aliphatic rings. The lowest BCUT2D eigenvalue weighted by Crippen LogP contribution is -2.40. The molecule has 0 bridgehead atoms. The Kier molecular flexibility index (Phi) is 4.62. The van der Waals surface area contributed by atoms with Crippen molar-refractivity contribution in [2.75, 3.05) is 5.32 Å². The van der Waals surface area contributed by atoms with E-state index in [1.165, 1.54) is 18.2 Å². The van der Waals surface area contributed by atoms with Gasteiger partial charge in [-0.2, -0.15) is 8.78 Å². The minimum atomic E-state index is -4.17. The van der Waals surface area contributed by atoms with Crippen LogP contribution in [0.2, 0.25) is 0 Å². The van der Waals surface area contributed by atoms with Crippen LogP contribution in [-0.4, -0.2) is 22.1 Å². The predicted molar refractivity (Wildman–Crippen MR) is 70.8 cm³/mol. The highest BCUT2D eigenvalue weighted by molar-refractivity contribution is 5.94. The molecule has 1 aromatic heterocycles. The number of hydrogen-bond acceptors (Lipinski definition) is 4. The first-order valence-corrected chi connectivity index (χ1v) is 6.11. The second-order valence-corrected chi connectivity index (χ2v) is 4.20. The number of nitrogens with zero attached hydrogens (tertiary/aromatic N) is 1. The fourth-order valence-corrected chi connectivity index (χ4v) is 1.52. The Labute approximate surface area is 123 Å². The zero-order valence-corrected chi connectivity index (χ0v) is 11.1. The number of alkyl halides is 2. The molecule has 2 aromatic rings. The number of benzene rings is 1. The lowest BCUT2D eigenvalue weighted by atomic mass is 10.3. The molecule has 1 heterocycles. The van der Waals surface area contributed by atoms with E-state index in [0.717, 1.165) is 24.3 Å². The molecule has 0 unspecified atom stereocenters. The maximum Gasteiger partial charge on any atom is 0.482 e. The molecule has 0 saturated heterocycles. The summed E-state index contributed by atoms with van der Waals surface area (Å²) in [7, 11) is 0. The topological polar surface area (TPSA) is 71.5 Å². The standard InChI is InChI=1S/C14H11F3N2O3/c15-9-4-6-11(7-5-9)22-14(16,17)13(21)19-12-3-1-2-10(8-20)18-12/h1-7,20H,8H2,(H,18,19,21). The van der Waals surface area contributed by atoms with Crippen molar-refractivity contribution in [2.45, 2.75) is 12.7 Å². The molecule has 0 atom stereocenters. The number of halogens is 3. The highest BCUT2D eigenvalue weighted by Crippen LogP contribution is 2.23. The normalized spacial score (nSPS) is 11.1. The maximum absolute atomic E-state index is 13.7. The Bertz CT molecular complexity index is 663. The molecule has 5 nitrogen and oxygen atoms in total. The third kappa shape index (κ3) is 3.95. The maximum atomic E-state index is 13.7. The first-order chi connectivity index (χ1) is 10.4. The van der Waals surface area contributed by atoms with E-state index in [-0.39, 0.29) is 17.3 Å². The van der Waals surface area contributed by atoms with Crippen molar-refractivity contribution >= 4 is 11.7 Å². The number of pyridine rings is 1. The molecule has 0 spiro atoms. The quantitative estimate of drug-likeness (QED) is 0.889. The van der Waals surface area contributed by atoms with E-state index in [1.807, 2.05) is 5.32 Å². The van der Waals surface area contributed by atoms with E-state index in [1.54, 1.807) is 0 Å². The van der Waals surface area contributed by atoms with E-state index in [9.17, 15) is 18.0 Å². The SMILES string of the molecule is O=C(Nc1cccc(CO)n1)C(F)(F)Oc1ccc(F)cc1. The average molecular weight is 312 g/mol. The molecule has 116 valence electrons. The average Bonchev–Trinajstić information content (AvgIpc) is 2.49. The number of nitrogens with one attached hydrogen (secondary N) is 1. The number of carbonyl (C=O) groups is 1. The Morgan fingerprint density at radius 1 is 1.23 bits per heavy atom. The molecule has 0 fully saturated rings. The third-order valence-electron chi connectivity index (χ3n) is 2.53. The molecule has 1 aromatic carbocycles. The fraction of sp³-hybridized carbons (Fsp3) is 0.143. The van der Waals surface area contributed by atoms with Crippen molar-refractivity contribution < 1.29 is 27.8 Å². The van der Waals surface area contributed by atoms with Gasteiger partial charge in [0.2, 0.25) is 0 Å². The molecule has 0 aliphatic carbocycles. The summed E-state index contributed by atoms with van der Waals surface area (Å²) in [5.74, 6) is -2.87. The summed E-state index contributed by atoms with van der Waals surface area (Å²) in [5, 5.41) is 10.8. The summed E-state index contributed by atoms with van der Waals surface area (Å²) in [4.78, 5) is 15.3. The predicted octanol–water partition coefficient (Wildman–Crippen LogP) is 2.32. The van der Waals surface area contributed by atoms with Gasteiger partial charge in [-0.1, -0.05) is 6.07 Å². The second kappa shape index (κ2) is 6.44. The molecule has 0 saturated carbocycles. The summed E-state index contributed by atoms with van der Waals surface area (Å²) >= 11 is 0. The monoisotopic (exact) mass is 312 g/mol. The Balaban J connectivity index is 2.07. The van der Waals surface area contributed by atoms with Crippen molar-refractivity contribution in [3.8, 4) is 5.75 Å². The van der Waals surface area contributed by atoms with Gasteiger partial charge < -0.3 is 15.2 Å². The van der Waals surface area contributed by atoms with Gasteiger partial charge in [0.15, 0.2) is 0 Å². The first-order valence-electron chi connectivity index (χ1n) is 6.11. The van der Waals surface area contributed by atoms with Crippen LogP contribution in [0.1, 0.15) is 5.69 Å². The van der Waals surface area contributed by atoms with Crippen LogP contribution < -0.4 is 10.1 Å². The number of anilines is 1. The molecule has 8 heteroatoms. The van der Waals surface area contributed by atoms with Crippen molar-refractivity contribution in [3.05, 3.63) is 54.0 Å². The van der Waals surface area contributed by atoms with Crippen molar-refractivity contribution in [2.24, 2.45) is 0 Å². The van der Waals surface area contributed by atoms with Crippen molar-refractivity contribution in [1.82, 2.24) is 4.98 Å². The molecule has 1 amide bonds. The van der Waals surface area contributed by atoms with Crippen LogP contribution in [0, 0.1) is 5.82 Å². The molecule has 22 heavy (non-hydrogen) atoms. The molecular weight excluding hydrogens is 301 g/mol. The zero-order chi connectivity index (χ0) is 16.2. The highest BCUT2D eigenvalue weighted by Gasteiger charge is 2.42. The summed E-state index contributed by atoms with van der Waals surface area (Å²) in [6.45, 7) is -0.397. The number of ether oxygens (including phenoxy) is 1. The van der Waals surface area contributed by atoms with Crippen LogP contribution in [0.4, 0.5) is 19.0 Å². The smallest absolute Gasteiger partial charge is 0.425 e. The van der Waals surface area contributed by atoms with Gasteiger partial charge >= 0.3 is 12.0 Å². The number of hydrogen-bond donors (Lipinski definition) is 2. The Morgan fingerprint density at radius 3 is 2.55 bits per heavy atom. The minimum Gasteiger partial charge on any atom is -0.425 e. The number of amides is 1. The van der Waals surface area contributed by atoms with Crippen LogP contribution in [0.3, 0.4) is 0 Å². The fourth-order valence-electron chi connectivity index (χ4n) is 1.52. The molecule has 2 N–H and O–H groups in total. The van der Waals surface area contributed by atoms with E-state index < -0.39 is 24.4 Å². The van der Waals surface area contributed by atoms with Crippen LogP contribution in [0.15, 0.2) is 42.5 Å². The second-order valence-electron chi connectivity index (χ2n) is 4.20. The summed E-state index contributed by atoms with van der Waals surface area (Å²) in [6, 6.07) is 7.98. The van der Waals surface area contributed by atoms with Crippen LogP contribution >= 0.6 is 0 Å². The van der Waals surface area contributed by atoms with Crippen LogP contribution in [-0.2, 0) is 11.4 Å². The molecule has 0 aliphatic heterocycles. The summed E-state index contributed by atoms with van der Waals surface area (Å²) in [5.41, 5.74) is 0.209. The number of aromatic nitrogens is 1. The summed E-state index contributed by atoms with van der Waals surface area (Å²) < 4.78 is 44.3. The van der Waals surface area contributed by atoms with E-state index in [4.69, 9.17) is 5.11 Å². The minimum absolute atomic E-state index is 0.154. The molecular formula is C14H11F3N2O3. The number of carbonyl (C=O) groups excluding carboxylic acids is 1. The number of aliphatic hydroxyl groups is 1. The highest BCUT2D eigenvalue weighted by atomic mass is 19.3. The zero-order valence-electron chi connectivity index (χ0n) is 11.1. The Morgan fingerprint density at radius 2 is 1.91 bits per heavy atom. The third-order valence-corrected chi connectivity index (χ3v) is 2.53. The van der Waals surface area contributed by atoms with Gasteiger partial charge in [0.05, 0.1) is 12.3 Å². The van der Waals surface area contributed by atoms with E-state index in [2.05, 4.69) is 9.72 Å².